The van der Waals surface area contributed by atoms with Crippen molar-refractivity contribution >= 4 is 51.9 Å². The van der Waals surface area contributed by atoms with Crippen LogP contribution in [-0.2, 0) is 9.53 Å². The van der Waals surface area contributed by atoms with E-state index in [1.165, 1.54) is 42.7 Å². The molecule has 0 saturated carbocycles. The monoisotopic (exact) mass is 464 g/mol. The maximum absolute atomic E-state index is 13.0. The van der Waals surface area contributed by atoms with Crippen molar-refractivity contribution in [2.24, 2.45) is 0 Å². The van der Waals surface area contributed by atoms with Crippen LogP contribution >= 0.6 is 23.6 Å². The molecule has 1 aliphatic heterocycles. The molecule has 1 aliphatic rings. The van der Waals surface area contributed by atoms with Crippen molar-refractivity contribution in [2.45, 2.75) is 13.3 Å². The number of halogens is 1. The molecule has 7 nitrogen and oxygen atoms in total. The van der Waals surface area contributed by atoms with E-state index in [0.29, 0.717) is 34.5 Å². The number of carbonyl (C=O) groups excluding carboxylic acids is 2. The first kappa shape index (κ1) is 23.1. The van der Waals surface area contributed by atoms with Gasteiger partial charge < -0.3 is 20.3 Å². The minimum atomic E-state index is -0.391. The first-order valence-electron chi connectivity index (χ1n) is 9.87. The fraction of sp³-hybridized carbons (Fsp3) is 0.381. The molecular weight excluding hydrogens is 439 g/mol. The number of ether oxygens (including phenoxy) is 1. The maximum atomic E-state index is 13.0. The first-order chi connectivity index (χ1) is 14.9. The van der Waals surface area contributed by atoms with Gasteiger partial charge in [0, 0.05) is 31.9 Å². The summed E-state index contributed by atoms with van der Waals surface area (Å²) in [5.74, 6) is -0.874. The van der Waals surface area contributed by atoms with E-state index in [1.807, 2.05) is 17.2 Å². The number of anilines is 2. The van der Waals surface area contributed by atoms with Gasteiger partial charge in [-0.1, -0.05) is 0 Å². The molecule has 31 heavy (non-hydrogen) atoms. The van der Waals surface area contributed by atoms with Gasteiger partial charge in [0.2, 0.25) is 5.91 Å². The third-order valence-corrected chi connectivity index (χ3v) is 6.39. The number of thiophene rings is 1. The van der Waals surface area contributed by atoms with Gasteiger partial charge in [-0.3, -0.25) is 9.69 Å². The summed E-state index contributed by atoms with van der Waals surface area (Å²) >= 11 is 6.91. The molecule has 0 spiro atoms. The smallest absolute Gasteiger partial charge is 0.350 e. The normalized spacial score (nSPS) is 14.6. The highest BCUT2D eigenvalue weighted by Gasteiger charge is 2.22. The van der Waals surface area contributed by atoms with Crippen LogP contribution in [0.3, 0.4) is 0 Å². The summed E-state index contributed by atoms with van der Waals surface area (Å²) in [6.45, 7) is 5.01. The molecule has 0 unspecified atom stereocenters. The molecule has 1 aromatic heterocycles. The number of carbonyl (C=O) groups is 2. The first-order valence-corrected chi connectivity index (χ1v) is 11.2. The zero-order valence-electron chi connectivity index (χ0n) is 17.4. The molecule has 2 aromatic rings. The van der Waals surface area contributed by atoms with Gasteiger partial charge in [0.15, 0.2) is 5.11 Å². The largest absolute Gasteiger partial charge is 0.465 e. The Morgan fingerprint density at radius 3 is 2.61 bits per heavy atom. The maximum Gasteiger partial charge on any atom is 0.350 e. The van der Waals surface area contributed by atoms with Crippen LogP contribution in [0.5, 0.6) is 0 Å². The molecule has 1 fully saturated rings. The lowest BCUT2D eigenvalue weighted by molar-refractivity contribution is -0.117. The Morgan fingerprint density at radius 1 is 1.16 bits per heavy atom. The molecule has 166 valence electrons. The van der Waals surface area contributed by atoms with Crippen LogP contribution in [0.25, 0.3) is 0 Å². The molecule has 1 aromatic carbocycles. The van der Waals surface area contributed by atoms with Crippen LogP contribution in [0.1, 0.15) is 21.7 Å². The van der Waals surface area contributed by atoms with Gasteiger partial charge in [0.05, 0.1) is 19.3 Å². The average Bonchev–Trinajstić information content (AvgIpc) is 2.96. The number of benzene rings is 1. The molecule has 0 bridgehead atoms. The molecule has 1 saturated heterocycles. The number of nitrogens with zero attached hydrogens (tertiary/aromatic N) is 2. The highest BCUT2D eigenvalue weighted by molar-refractivity contribution is 7.80. The number of hydrogen-bond donors (Lipinski definition) is 2. The zero-order valence-corrected chi connectivity index (χ0v) is 19.1. The Balaban J connectivity index is 1.53. The van der Waals surface area contributed by atoms with E-state index >= 15 is 0 Å². The van der Waals surface area contributed by atoms with Gasteiger partial charge >= 0.3 is 5.97 Å². The van der Waals surface area contributed by atoms with Gasteiger partial charge in [0.1, 0.15) is 10.7 Å². The van der Waals surface area contributed by atoms with Crippen molar-refractivity contribution in [3.05, 3.63) is 45.9 Å². The van der Waals surface area contributed by atoms with Crippen molar-refractivity contribution in [1.29, 1.82) is 0 Å². The third-order valence-electron chi connectivity index (χ3n) is 4.95. The van der Waals surface area contributed by atoms with E-state index < -0.39 is 5.97 Å². The molecule has 0 radical (unpaired) electrons. The lowest BCUT2D eigenvalue weighted by atomic mass is 10.2. The number of amides is 1. The summed E-state index contributed by atoms with van der Waals surface area (Å²) in [6, 6.07) is 5.70. The topological polar surface area (TPSA) is 73.9 Å². The van der Waals surface area contributed by atoms with Crippen LogP contribution in [0.15, 0.2) is 29.6 Å². The van der Waals surface area contributed by atoms with Gasteiger partial charge in [-0.05, 0) is 60.8 Å². The Hall–Kier alpha value is -2.56. The molecule has 10 heteroatoms. The second kappa shape index (κ2) is 10.7. The predicted octanol–water partition coefficient (Wildman–Crippen LogP) is 3.33. The fourth-order valence-electron chi connectivity index (χ4n) is 3.30. The number of rotatable bonds is 5. The standard InChI is InChI=1S/C21H25FN4O3S2/c1-14-13-31-19(20(28)29-2)18(14)24-21(30)26-9-3-8-25(10-11-26)12-17(27)23-16-6-4-15(22)5-7-16/h4-7,13H,3,8-12H2,1-2H3,(H,23,27)(H,24,30). The molecule has 1 amide bonds. The Bertz CT molecular complexity index is 949. The lowest BCUT2D eigenvalue weighted by Gasteiger charge is -2.25. The average molecular weight is 465 g/mol. The Labute approximate surface area is 190 Å². The molecule has 3 rings (SSSR count). The van der Waals surface area contributed by atoms with E-state index in [4.69, 9.17) is 17.0 Å². The zero-order chi connectivity index (χ0) is 22.4. The second-order valence-corrected chi connectivity index (χ2v) is 8.48. The SMILES string of the molecule is COC(=O)c1scc(C)c1NC(=S)N1CCCN(CC(=O)Nc2ccc(F)cc2)CC1. The summed E-state index contributed by atoms with van der Waals surface area (Å²) in [5.41, 5.74) is 2.18. The molecule has 2 N–H and O–H groups in total. The Kier molecular flexibility index (Phi) is 7.94. The van der Waals surface area contributed by atoms with E-state index in [2.05, 4.69) is 15.5 Å². The molecule has 0 atom stereocenters. The van der Waals surface area contributed by atoms with Gasteiger partial charge in [0.25, 0.3) is 0 Å². The van der Waals surface area contributed by atoms with Crippen molar-refractivity contribution in [3.63, 3.8) is 0 Å². The summed E-state index contributed by atoms with van der Waals surface area (Å²) in [4.78, 5) is 28.9. The summed E-state index contributed by atoms with van der Waals surface area (Å²) < 4.78 is 17.8. The number of esters is 1. The number of hydrogen-bond acceptors (Lipinski definition) is 6. The highest BCUT2D eigenvalue weighted by Crippen LogP contribution is 2.28. The van der Waals surface area contributed by atoms with E-state index in [1.54, 1.807) is 0 Å². The summed E-state index contributed by atoms with van der Waals surface area (Å²) in [5, 5.41) is 8.43. The van der Waals surface area contributed by atoms with Gasteiger partial charge in [-0.2, -0.15) is 0 Å². The number of thiocarbonyl (C=S) groups is 1. The summed E-state index contributed by atoms with van der Waals surface area (Å²) in [6.07, 6.45) is 0.845. The van der Waals surface area contributed by atoms with E-state index in [9.17, 15) is 14.0 Å². The molecule has 0 aliphatic carbocycles. The van der Waals surface area contributed by atoms with Crippen LogP contribution in [0.2, 0.25) is 0 Å². The number of aryl methyl sites for hydroxylation is 1. The fourth-order valence-corrected chi connectivity index (χ4v) is 4.50. The highest BCUT2D eigenvalue weighted by atomic mass is 32.1. The van der Waals surface area contributed by atoms with E-state index in [-0.39, 0.29) is 18.3 Å². The number of methoxy groups -OCH3 is 1. The third kappa shape index (κ3) is 6.22. The van der Waals surface area contributed by atoms with Crippen molar-refractivity contribution in [2.75, 3.05) is 50.5 Å². The van der Waals surface area contributed by atoms with Crippen molar-refractivity contribution in [1.82, 2.24) is 9.80 Å². The van der Waals surface area contributed by atoms with Crippen molar-refractivity contribution < 1.29 is 18.7 Å². The summed E-state index contributed by atoms with van der Waals surface area (Å²) in [7, 11) is 1.36. The second-order valence-electron chi connectivity index (χ2n) is 7.22. The molecule has 2 heterocycles. The van der Waals surface area contributed by atoms with Crippen molar-refractivity contribution in [3.8, 4) is 0 Å². The quantitative estimate of drug-likeness (QED) is 0.519. The molecular formula is C21H25FN4O3S2. The Morgan fingerprint density at radius 2 is 1.90 bits per heavy atom. The predicted molar refractivity (Wildman–Crippen MR) is 124 cm³/mol. The minimum Gasteiger partial charge on any atom is -0.465 e. The van der Waals surface area contributed by atoms with Gasteiger partial charge in [-0.25, -0.2) is 9.18 Å². The van der Waals surface area contributed by atoms with E-state index in [0.717, 1.165) is 25.1 Å². The van der Waals surface area contributed by atoms with Crippen LogP contribution < -0.4 is 10.6 Å². The van der Waals surface area contributed by atoms with Gasteiger partial charge in [-0.15, -0.1) is 11.3 Å². The lowest BCUT2D eigenvalue weighted by Crippen LogP contribution is -2.39. The van der Waals surface area contributed by atoms with Crippen LogP contribution in [-0.4, -0.2) is 66.6 Å². The minimum absolute atomic E-state index is 0.141. The van der Waals surface area contributed by atoms with Crippen LogP contribution in [0.4, 0.5) is 15.8 Å². The van der Waals surface area contributed by atoms with Crippen LogP contribution in [0, 0.1) is 12.7 Å². The number of nitrogens with one attached hydrogen (secondary N) is 2.